The predicted octanol–water partition coefficient (Wildman–Crippen LogP) is 4.70. The molecule has 2 N–H and O–H groups in total. The summed E-state index contributed by atoms with van der Waals surface area (Å²) in [6, 6.07) is 12.1. The first kappa shape index (κ1) is 15.5. The minimum Gasteiger partial charge on any atom is -0.378 e. The molecule has 2 amide bonds. The van der Waals surface area contributed by atoms with Crippen LogP contribution in [0.15, 0.2) is 42.5 Å². The molecule has 0 atom stereocenters. The molecule has 6 heteroatoms. The number of hydrogen-bond donors (Lipinski definition) is 2. The fraction of sp³-hybridized carbons (Fsp3) is 0.133. The van der Waals surface area contributed by atoms with Gasteiger partial charge in [0.2, 0.25) is 0 Å². The van der Waals surface area contributed by atoms with Gasteiger partial charge in [0, 0.05) is 25.5 Å². The van der Waals surface area contributed by atoms with Crippen LogP contribution in [0.1, 0.15) is 0 Å². The molecular weight excluding hydrogens is 309 g/mol. The molecule has 0 spiro atoms. The van der Waals surface area contributed by atoms with Gasteiger partial charge in [-0.05, 0) is 36.4 Å². The van der Waals surface area contributed by atoms with Crippen LogP contribution < -0.4 is 15.5 Å². The van der Waals surface area contributed by atoms with Crippen LogP contribution in [0.25, 0.3) is 0 Å². The Morgan fingerprint density at radius 3 is 2.05 bits per heavy atom. The van der Waals surface area contributed by atoms with E-state index in [0.29, 0.717) is 21.4 Å². The number of carbonyl (C=O) groups is 1. The van der Waals surface area contributed by atoms with E-state index in [2.05, 4.69) is 10.6 Å². The number of anilines is 3. The van der Waals surface area contributed by atoms with E-state index in [1.807, 2.05) is 43.3 Å². The zero-order valence-electron chi connectivity index (χ0n) is 11.7. The first-order valence-electron chi connectivity index (χ1n) is 6.27. The van der Waals surface area contributed by atoms with Gasteiger partial charge in [0.1, 0.15) is 0 Å². The molecule has 0 heterocycles. The Kier molecular flexibility index (Phi) is 4.94. The fourth-order valence-electron chi connectivity index (χ4n) is 1.74. The van der Waals surface area contributed by atoms with Crippen molar-refractivity contribution in [2.45, 2.75) is 0 Å². The number of benzene rings is 2. The van der Waals surface area contributed by atoms with Crippen molar-refractivity contribution in [1.82, 2.24) is 0 Å². The molecule has 0 aliphatic carbocycles. The summed E-state index contributed by atoms with van der Waals surface area (Å²) in [5.41, 5.74) is 2.12. The number of hydrogen-bond acceptors (Lipinski definition) is 2. The molecule has 0 saturated heterocycles. The van der Waals surface area contributed by atoms with E-state index in [1.165, 1.54) is 0 Å². The molecule has 4 nitrogen and oxygen atoms in total. The van der Waals surface area contributed by atoms with E-state index < -0.39 is 6.03 Å². The Labute approximate surface area is 133 Å². The van der Waals surface area contributed by atoms with Gasteiger partial charge in [-0.25, -0.2) is 4.79 Å². The average molecular weight is 324 g/mol. The van der Waals surface area contributed by atoms with Crippen molar-refractivity contribution in [1.29, 1.82) is 0 Å². The Morgan fingerprint density at radius 1 is 0.952 bits per heavy atom. The fourth-order valence-corrected chi connectivity index (χ4v) is 2.23. The Hall–Kier alpha value is -1.91. The van der Waals surface area contributed by atoms with Gasteiger partial charge in [0.15, 0.2) is 0 Å². The van der Waals surface area contributed by atoms with Crippen molar-refractivity contribution in [2.75, 3.05) is 29.6 Å². The third kappa shape index (κ3) is 4.03. The largest absolute Gasteiger partial charge is 0.378 e. The Morgan fingerprint density at radius 2 is 1.52 bits per heavy atom. The van der Waals surface area contributed by atoms with Crippen molar-refractivity contribution in [3.05, 3.63) is 52.5 Å². The third-order valence-electron chi connectivity index (χ3n) is 2.84. The van der Waals surface area contributed by atoms with Crippen molar-refractivity contribution in [3.8, 4) is 0 Å². The molecule has 0 aromatic heterocycles. The van der Waals surface area contributed by atoms with Gasteiger partial charge in [-0.1, -0.05) is 29.3 Å². The zero-order valence-corrected chi connectivity index (χ0v) is 13.2. The van der Waals surface area contributed by atoms with E-state index >= 15 is 0 Å². The second kappa shape index (κ2) is 6.70. The van der Waals surface area contributed by atoms with Crippen molar-refractivity contribution >= 4 is 46.3 Å². The van der Waals surface area contributed by atoms with E-state index in [4.69, 9.17) is 23.2 Å². The van der Waals surface area contributed by atoms with Crippen LogP contribution in [-0.2, 0) is 0 Å². The van der Waals surface area contributed by atoms with E-state index in [1.54, 1.807) is 18.2 Å². The summed E-state index contributed by atoms with van der Waals surface area (Å²) in [6.07, 6.45) is 0. The van der Waals surface area contributed by atoms with Crippen LogP contribution in [-0.4, -0.2) is 20.1 Å². The Balaban J connectivity index is 2.05. The van der Waals surface area contributed by atoms with E-state index in [9.17, 15) is 4.79 Å². The van der Waals surface area contributed by atoms with Gasteiger partial charge in [-0.3, -0.25) is 0 Å². The summed E-state index contributed by atoms with van der Waals surface area (Å²) in [4.78, 5) is 13.9. The molecule has 0 aliphatic rings. The highest BCUT2D eigenvalue weighted by Gasteiger charge is 2.09. The molecule has 0 saturated carbocycles. The topological polar surface area (TPSA) is 44.4 Å². The zero-order chi connectivity index (χ0) is 15.4. The van der Waals surface area contributed by atoms with Crippen LogP contribution in [0, 0.1) is 0 Å². The summed E-state index contributed by atoms with van der Waals surface area (Å²) in [5, 5.41) is 6.14. The maximum Gasteiger partial charge on any atom is 0.323 e. The number of halogens is 2. The van der Waals surface area contributed by atoms with Crippen molar-refractivity contribution < 1.29 is 4.79 Å². The lowest BCUT2D eigenvalue weighted by atomic mass is 10.2. The lowest BCUT2D eigenvalue weighted by Crippen LogP contribution is -2.20. The highest BCUT2D eigenvalue weighted by molar-refractivity contribution is 6.39. The van der Waals surface area contributed by atoms with Gasteiger partial charge >= 0.3 is 6.03 Å². The van der Waals surface area contributed by atoms with Crippen LogP contribution in [0.4, 0.5) is 21.9 Å². The quantitative estimate of drug-likeness (QED) is 0.859. The molecule has 21 heavy (non-hydrogen) atoms. The second-order valence-electron chi connectivity index (χ2n) is 4.62. The number of para-hydroxylation sites is 1. The molecule has 0 fully saturated rings. The van der Waals surface area contributed by atoms with Gasteiger partial charge < -0.3 is 15.5 Å². The van der Waals surface area contributed by atoms with Gasteiger partial charge in [-0.15, -0.1) is 0 Å². The number of rotatable bonds is 3. The highest BCUT2D eigenvalue weighted by atomic mass is 35.5. The Bertz CT molecular complexity index is 622. The minimum atomic E-state index is -0.400. The lowest BCUT2D eigenvalue weighted by molar-refractivity contribution is 0.262. The molecule has 110 valence electrons. The first-order valence-corrected chi connectivity index (χ1v) is 7.02. The van der Waals surface area contributed by atoms with E-state index in [-0.39, 0.29) is 0 Å². The standard InChI is InChI=1S/C15H15Cl2N3O/c1-20(2)11-8-6-10(7-9-11)18-15(21)19-14-12(16)4-3-5-13(14)17/h3-9H,1-2H3,(H2,18,19,21). The molecular formula is C15H15Cl2N3O. The van der Waals surface area contributed by atoms with Gasteiger partial charge in [0.25, 0.3) is 0 Å². The molecule has 0 radical (unpaired) electrons. The molecule has 2 rings (SSSR count). The second-order valence-corrected chi connectivity index (χ2v) is 5.43. The van der Waals surface area contributed by atoms with Crippen LogP contribution in [0.5, 0.6) is 0 Å². The number of amides is 2. The predicted molar refractivity (Wildman–Crippen MR) is 89.9 cm³/mol. The number of nitrogens with zero attached hydrogens (tertiary/aromatic N) is 1. The summed E-state index contributed by atoms with van der Waals surface area (Å²) in [5.74, 6) is 0. The van der Waals surface area contributed by atoms with Crippen LogP contribution >= 0.6 is 23.2 Å². The summed E-state index contributed by atoms with van der Waals surface area (Å²) < 4.78 is 0. The summed E-state index contributed by atoms with van der Waals surface area (Å²) in [6.45, 7) is 0. The van der Waals surface area contributed by atoms with Crippen molar-refractivity contribution in [3.63, 3.8) is 0 Å². The maximum absolute atomic E-state index is 12.0. The van der Waals surface area contributed by atoms with Crippen molar-refractivity contribution in [2.24, 2.45) is 0 Å². The number of carbonyl (C=O) groups excluding carboxylic acids is 1. The molecule has 0 aliphatic heterocycles. The minimum absolute atomic E-state index is 0.389. The summed E-state index contributed by atoms with van der Waals surface area (Å²) in [7, 11) is 3.91. The lowest BCUT2D eigenvalue weighted by Gasteiger charge is -2.14. The smallest absolute Gasteiger partial charge is 0.323 e. The number of urea groups is 1. The molecule has 0 unspecified atom stereocenters. The van der Waals surface area contributed by atoms with E-state index in [0.717, 1.165) is 5.69 Å². The number of nitrogens with one attached hydrogen (secondary N) is 2. The monoisotopic (exact) mass is 323 g/mol. The average Bonchev–Trinajstić information content (AvgIpc) is 2.43. The normalized spacial score (nSPS) is 10.1. The maximum atomic E-state index is 12.0. The summed E-state index contributed by atoms with van der Waals surface area (Å²) >= 11 is 12.0. The highest BCUT2D eigenvalue weighted by Crippen LogP contribution is 2.29. The third-order valence-corrected chi connectivity index (χ3v) is 3.47. The SMILES string of the molecule is CN(C)c1ccc(NC(=O)Nc2c(Cl)cccc2Cl)cc1. The molecule has 2 aromatic carbocycles. The van der Waals surface area contributed by atoms with Gasteiger partial charge in [0.05, 0.1) is 15.7 Å². The molecule has 0 bridgehead atoms. The van der Waals surface area contributed by atoms with Gasteiger partial charge in [-0.2, -0.15) is 0 Å². The van der Waals surface area contributed by atoms with Crippen LogP contribution in [0.2, 0.25) is 10.0 Å². The molecule has 2 aromatic rings. The van der Waals surface area contributed by atoms with Crippen LogP contribution in [0.3, 0.4) is 0 Å². The first-order chi connectivity index (χ1) is 9.97.